The summed E-state index contributed by atoms with van der Waals surface area (Å²) < 4.78 is 4.52. The van der Waals surface area contributed by atoms with Crippen LogP contribution in [0, 0.1) is 0 Å². The number of ether oxygens (including phenoxy) is 1. The number of methoxy groups -OCH3 is 1. The summed E-state index contributed by atoms with van der Waals surface area (Å²) >= 11 is 0. The first-order chi connectivity index (χ1) is 3.68. The molecule has 0 aliphatic rings. The third-order valence-corrected chi connectivity index (χ3v) is 0.742. The second-order valence-electron chi connectivity index (χ2n) is 1.53. The van der Waals surface area contributed by atoms with Gasteiger partial charge in [-0.25, -0.2) is 0 Å². The van der Waals surface area contributed by atoms with Gasteiger partial charge in [0.15, 0.2) is 6.29 Å². The monoisotopic (exact) mass is 121 g/mol. The summed E-state index contributed by atoms with van der Waals surface area (Å²) in [4.78, 5) is 0. The van der Waals surface area contributed by atoms with E-state index in [4.69, 9.17) is 15.9 Å². The normalized spacial score (nSPS) is 14.6. The minimum Gasteiger partial charge on any atom is -0.383 e. The van der Waals surface area contributed by atoms with Crippen molar-refractivity contribution in [3.8, 4) is 0 Å². The highest BCUT2D eigenvalue weighted by molar-refractivity contribution is 4.59. The van der Waals surface area contributed by atoms with Gasteiger partial charge in [0.05, 0.1) is 12.6 Å². The van der Waals surface area contributed by atoms with E-state index in [-0.39, 0.29) is 6.61 Å². The number of rotatable bonds is 3. The summed E-state index contributed by atoms with van der Waals surface area (Å²) in [6, 6.07) is -0.694. The molecule has 1 atom stereocenters. The molecule has 8 heavy (non-hydrogen) atoms. The molecule has 0 aliphatic heterocycles. The number of aliphatic hydroxyl groups is 2. The Morgan fingerprint density at radius 2 is 2.12 bits per heavy atom. The molecule has 0 spiro atoms. The SMILES string of the molecule is COCC(N)C(O)O. The van der Waals surface area contributed by atoms with E-state index in [1.807, 2.05) is 0 Å². The zero-order valence-electron chi connectivity index (χ0n) is 4.74. The van der Waals surface area contributed by atoms with Crippen LogP contribution < -0.4 is 5.73 Å². The summed E-state index contributed by atoms with van der Waals surface area (Å²) in [5.74, 6) is 0. The van der Waals surface area contributed by atoms with Crippen LogP contribution in [0.5, 0.6) is 0 Å². The molecule has 0 bridgehead atoms. The van der Waals surface area contributed by atoms with E-state index in [1.165, 1.54) is 7.11 Å². The van der Waals surface area contributed by atoms with E-state index < -0.39 is 12.3 Å². The van der Waals surface area contributed by atoms with E-state index in [2.05, 4.69) is 4.74 Å². The standard InChI is InChI=1S/C4H11NO3/c1-8-2-3(5)4(6)7/h3-4,6-7H,2,5H2,1H3. The highest BCUT2D eigenvalue weighted by Crippen LogP contribution is 1.83. The van der Waals surface area contributed by atoms with E-state index in [0.717, 1.165) is 0 Å². The van der Waals surface area contributed by atoms with E-state index in [0.29, 0.717) is 0 Å². The number of aliphatic hydroxyl groups excluding tert-OH is 1. The molecule has 0 radical (unpaired) electrons. The van der Waals surface area contributed by atoms with Crippen molar-refractivity contribution in [2.45, 2.75) is 12.3 Å². The maximum atomic E-state index is 8.30. The Labute approximate surface area is 47.9 Å². The highest BCUT2D eigenvalue weighted by Gasteiger charge is 2.08. The second-order valence-corrected chi connectivity index (χ2v) is 1.53. The molecule has 4 heteroatoms. The minimum absolute atomic E-state index is 0.164. The lowest BCUT2D eigenvalue weighted by Crippen LogP contribution is -2.38. The van der Waals surface area contributed by atoms with Gasteiger partial charge in [0.2, 0.25) is 0 Å². The van der Waals surface area contributed by atoms with Crippen molar-refractivity contribution in [3.05, 3.63) is 0 Å². The first kappa shape index (κ1) is 7.84. The fourth-order valence-electron chi connectivity index (χ4n) is 0.279. The van der Waals surface area contributed by atoms with Crippen LogP contribution in [-0.4, -0.2) is 36.3 Å². The van der Waals surface area contributed by atoms with Gasteiger partial charge >= 0.3 is 0 Å². The molecule has 0 saturated carbocycles. The van der Waals surface area contributed by atoms with Gasteiger partial charge in [-0.05, 0) is 0 Å². The molecule has 1 unspecified atom stereocenters. The van der Waals surface area contributed by atoms with Crippen molar-refractivity contribution in [3.63, 3.8) is 0 Å². The van der Waals surface area contributed by atoms with E-state index >= 15 is 0 Å². The molecular formula is C4H11NO3. The summed E-state index contributed by atoms with van der Waals surface area (Å²) in [6.45, 7) is 0.164. The fourth-order valence-corrected chi connectivity index (χ4v) is 0.279. The predicted molar refractivity (Wildman–Crippen MR) is 28.1 cm³/mol. The Hall–Kier alpha value is -0.160. The van der Waals surface area contributed by atoms with Gasteiger partial charge in [0, 0.05) is 7.11 Å². The van der Waals surface area contributed by atoms with Crippen LogP contribution in [0.1, 0.15) is 0 Å². The number of nitrogens with two attached hydrogens (primary N) is 1. The Bertz CT molecular complexity index is 57.2. The van der Waals surface area contributed by atoms with Crippen LogP contribution in [0.4, 0.5) is 0 Å². The lowest BCUT2D eigenvalue weighted by molar-refractivity contribution is -0.0718. The Morgan fingerprint density at radius 1 is 1.62 bits per heavy atom. The molecule has 4 N–H and O–H groups in total. The molecule has 0 saturated heterocycles. The van der Waals surface area contributed by atoms with Gasteiger partial charge < -0.3 is 20.7 Å². The maximum absolute atomic E-state index is 8.30. The third-order valence-electron chi connectivity index (χ3n) is 0.742. The Morgan fingerprint density at radius 3 is 2.25 bits per heavy atom. The zero-order chi connectivity index (χ0) is 6.57. The summed E-state index contributed by atoms with van der Waals surface area (Å²) in [5.41, 5.74) is 5.10. The predicted octanol–water partition coefficient (Wildman–Crippen LogP) is -1.73. The van der Waals surface area contributed by atoms with E-state index in [9.17, 15) is 0 Å². The summed E-state index contributed by atoms with van der Waals surface area (Å²) in [5, 5.41) is 16.6. The van der Waals surface area contributed by atoms with Crippen LogP contribution in [0.15, 0.2) is 0 Å². The molecule has 0 aromatic heterocycles. The van der Waals surface area contributed by atoms with Crippen LogP contribution in [0.2, 0.25) is 0 Å². The van der Waals surface area contributed by atoms with Gasteiger partial charge in [-0.3, -0.25) is 0 Å². The molecule has 0 aliphatic carbocycles. The van der Waals surface area contributed by atoms with Crippen molar-refractivity contribution < 1.29 is 14.9 Å². The topological polar surface area (TPSA) is 75.7 Å². The average Bonchev–Trinajstić information content (AvgIpc) is 1.67. The molecule has 4 nitrogen and oxygen atoms in total. The molecular weight excluding hydrogens is 110 g/mol. The van der Waals surface area contributed by atoms with Crippen molar-refractivity contribution in [2.24, 2.45) is 5.73 Å². The first-order valence-electron chi connectivity index (χ1n) is 2.29. The molecule has 0 aromatic carbocycles. The smallest absolute Gasteiger partial charge is 0.169 e. The van der Waals surface area contributed by atoms with Crippen molar-refractivity contribution in [1.82, 2.24) is 0 Å². The van der Waals surface area contributed by atoms with Crippen LogP contribution >= 0.6 is 0 Å². The molecule has 0 heterocycles. The van der Waals surface area contributed by atoms with Crippen LogP contribution in [-0.2, 0) is 4.74 Å². The van der Waals surface area contributed by atoms with Crippen molar-refractivity contribution >= 4 is 0 Å². The highest BCUT2D eigenvalue weighted by atomic mass is 16.5. The maximum Gasteiger partial charge on any atom is 0.169 e. The molecule has 0 aromatic rings. The van der Waals surface area contributed by atoms with Gasteiger partial charge in [0.1, 0.15) is 0 Å². The molecule has 50 valence electrons. The Balaban J connectivity index is 3.17. The lowest BCUT2D eigenvalue weighted by atomic mass is 10.3. The van der Waals surface area contributed by atoms with E-state index in [1.54, 1.807) is 0 Å². The number of hydrogen-bond acceptors (Lipinski definition) is 4. The van der Waals surface area contributed by atoms with Crippen molar-refractivity contribution in [1.29, 1.82) is 0 Å². The summed E-state index contributed by atoms with van der Waals surface area (Å²) in [7, 11) is 1.45. The van der Waals surface area contributed by atoms with Crippen molar-refractivity contribution in [2.75, 3.05) is 13.7 Å². The van der Waals surface area contributed by atoms with Gasteiger partial charge in [-0.15, -0.1) is 0 Å². The molecule has 0 fully saturated rings. The minimum atomic E-state index is -1.48. The summed E-state index contributed by atoms with van der Waals surface area (Å²) in [6.07, 6.45) is -1.48. The fraction of sp³-hybridized carbons (Fsp3) is 1.00. The molecule has 0 rings (SSSR count). The van der Waals surface area contributed by atoms with Gasteiger partial charge in [0.25, 0.3) is 0 Å². The zero-order valence-corrected chi connectivity index (χ0v) is 4.74. The van der Waals surface area contributed by atoms with Gasteiger partial charge in [-0.1, -0.05) is 0 Å². The quantitative estimate of drug-likeness (QED) is 0.388. The second kappa shape index (κ2) is 3.80. The lowest BCUT2D eigenvalue weighted by Gasteiger charge is -2.10. The van der Waals surface area contributed by atoms with Crippen LogP contribution in [0.3, 0.4) is 0 Å². The third kappa shape index (κ3) is 2.92. The first-order valence-corrected chi connectivity index (χ1v) is 2.29. The van der Waals surface area contributed by atoms with Crippen LogP contribution in [0.25, 0.3) is 0 Å². The molecule has 0 amide bonds. The number of hydrogen-bond donors (Lipinski definition) is 3. The average molecular weight is 121 g/mol. The van der Waals surface area contributed by atoms with Gasteiger partial charge in [-0.2, -0.15) is 0 Å². The largest absolute Gasteiger partial charge is 0.383 e. The Kier molecular flexibility index (Phi) is 3.72.